The summed E-state index contributed by atoms with van der Waals surface area (Å²) in [5.74, 6) is -0.267. The number of piperazine rings is 1. The number of carbonyl (C=O) groups is 1. The lowest BCUT2D eigenvalue weighted by Crippen LogP contribution is -2.57. The zero-order chi connectivity index (χ0) is 24.7. The van der Waals surface area contributed by atoms with E-state index in [0.717, 1.165) is 56.3 Å². The standard InChI is InChI=1S/C26H31N5O4/c1-16-12-21(18(3)27-22-7-5-4-6-20(22)26(33)34)24-28-23(17(2)25(32)31(24)13-16)30-10-8-29(9-11-30)19-14-35-15-19/h4-7,12-13,18-19,27H,8-11,14-15H2,1-3H3,(H,33,34)/t18-/m1/s1. The third-order valence-electron chi connectivity index (χ3n) is 7.04. The molecule has 9 nitrogen and oxygen atoms in total. The number of aryl methyl sites for hydroxylation is 1. The van der Waals surface area contributed by atoms with Gasteiger partial charge in [0.25, 0.3) is 5.56 Å². The Morgan fingerprint density at radius 1 is 1.17 bits per heavy atom. The number of para-hydroxylation sites is 1. The van der Waals surface area contributed by atoms with Crippen LogP contribution in [0.5, 0.6) is 0 Å². The van der Waals surface area contributed by atoms with Crippen LogP contribution < -0.4 is 15.8 Å². The lowest BCUT2D eigenvalue weighted by molar-refractivity contribution is -0.0661. The Morgan fingerprint density at radius 3 is 2.54 bits per heavy atom. The summed E-state index contributed by atoms with van der Waals surface area (Å²) in [4.78, 5) is 34.8. The second-order valence-corrected chi connectivity index (χ2v) is 9.46. The highest BCUT2D eigenvalue weighted by Crippen LogP contribution is 2.27. The Bertz CT molecular complexity index is 1330. The molecule has 2 fully saturated rings. The number of carboxylic acid groups (broad SMARTS) is 1. The lowest BCUT2D eigenvalue weighted by atomic mass is 10.1. The summed E-state index contributed by atoms with van der Waals surface area (Å²) in [5, 5.41) is 12.9. The molecule has 0 amide bonds. The number of rotatable bonds is 6. The Hall–Kier alpha value is -3.43. The molecule has 2 aliphatic rings. The van der Waals surface area contributed by atoms with Crippen molar-refractivity contribution in [2.75, 3.05) is 49.6 Å². The van der Waals surface area contributed by atoms with Crippen LogP contribution in [0.3, 0.4) is 0 Å². The Labute approximate surface area is 204 Å². The molecule has 184 valence electrons. The summed E-state index contributed by atoms with van der Waals surface area (Å²) in [6.07, 6.45) is 1.82. The number of hydrogen-bond donors (Lipinski definition) is 2. The van der Waals surface area contributed by atoms with Gasteiger partial charge in [-0.3, -0.25) is 14.1 Å². The summed E-state index contributed by atoms with van der Waals surface area (Å²) in [5.41, 5.74) is 3.64. The zero-order valence-electron chi connectivity index (χ0n) is 20.3. The summed E-state index contributed by atoms with van der Waals surface area (Å²) in [6.45, 7) is 10.8. The van der Waals surface area contributed by atoms with E-state index in [2.05, 4.69) is 15.1 Å². The van der Waals surface area contributed by atoms with Crippen LogP contribution in [0.25, 0.3) is 5.65 Å². The number of hydrogen-bond acceptors (Lipinski definition) is 7. The molecule has 1 aromatic carbocycles. The highest BCUT2D eigenvalue weighted by Gasteiger charge is 2.30. The molecular formula is C26H31N5O4. The van der Waals surface area contributed by atoms with Crippen LogP contribution in [0.2, 0.25) is 0 Å². The first-order chi connectivity index (χ1) is 16.8. The fourth-order valence-electron chi connectivity index (χ4n) is 4.95. The second kappa shape index (κ2) is 9.31. The van der Waals surface area contributed by atoms with Crippen molar-refractivity contribution >= 4 is 23.1 Å². The predicted molar refractivity (Wildman–Crippen MR) is 135 cm³/mol. The van der Waals surface area contributed by atoms with E-state index < -0.39 is 5.97 Å². The molecule has 5 rings (SSSR count). The van der Waals surface area contributed by atoms with E-state index in [1.165, 1.54) is 0 Å². The van der Waals surface area contributed by atoms with Crippen LogP contribution in [-0.2, 0) is 4.74 Å². The number of nitrogens with zero attached hydrogens (tertiary/aromatic N) is 4. The summed E-state index contributed by atoms with van der Waals surface area (Å²) < 4.78 is 6.96. The topological polar surface area (TPSA) is 99.4 Å². The molecule has 35 heavy (non-hydrogen) atoms. The molecule has 2 saturated heterocycles. The fraction of sp³-hybridized carbons (Fsp3) is 0.423. The molecule has 0 saturated carbocycles. The predicted octanol–water partition coefficient (Wildman–Crippen LogP) is 2.70. The normalized spacial score (nSPS) is 17.9. The van der Waals surface area contributed by atoms with Crippen molar-refractivity contribution in [3.63, 3.8) is 0 Å². The highest BCUT2D eigenvalue weighted by molar-refractivity contribution is 5.94. The number of nitrogens with one attached hydrogen (secondary N) is 1. The Morgan fingerprint density at radius 2 is 1.89 bits per heavy atom. The van der Waals surface area contributed by atoms with E-state index in [0.29, 0.717) is 22.9 Å². The van der Waals surface area contributed by atoms with Gasteiger partial charge >= 0.3 is 5.97 Å². The fourth-order valence-corrected chi connectivity index (χ4v) is 4.95. The molecule has 0 radical (unpaired) electrons. The quantitative estimate of drug-likeness (QED) is 0.559. The maximum atomic E-state index is 13.4. The number of aromatic carboxylic acids is 1. The van der Waals surface area contributed by atoms with Crippen LogP contribution in [0.1, 0.15) is 40.0 Å². The number of pyridine rings is 1. The van der Waals surface area contributed by atoms with E-state index in [1.54, 1.807) is 28.7 Å². The Kier molecular flexibility index (Phi) is 6.21. The molecule has 0 bridgehead atoms. The molecule has 0 aliphatic carbocycles. The molecule has 1 atom stereocenters. The maximum Gasteiger partial charge on any atom is 0.337 e. The Balaban J connectivity index is 1.51. The van der Waals surface area contributed by atoms with Crippen LogP contribution in [0.4, 0.5) is 11.5 Å². The largest absolute Gasteiger partial charge is 0.478 e. The molecular weight excluding hydrogens is 446 g/mol. The number of anilines is 2. The van der Waals surface area contributed by atoms with Crippen molar-refractivity contribution in [2.45, 2.75) is 32.9 Å². The molecule has 2 aliphatic heterocycles. The highest BCUT2D eigenvalue weighted by atomic mass is 16.5. The SMILES string of the molecule is Cc1cc([C@@H](C)Nc2ccccc2C(=O)O)c2nc(N3CCN(C4COC4)CC3)c(C)c(=O)n2c1. The third-order valence-corrected chi connectivity index (χ3v) is 7.04. The summed E-state index contributed by atoms with van der Waals surface area (Å²) in [6, 6.07) is 9.07. The van der Waals surface area contributed by atoms with Gasteiger partial charge in [-0.05, 0) is 44.5 Å². The average molecular weight is 478 g/mol. The van der Waals surface area contributed by atoms with Crippen LogP contribution in [0.15, 0.2) is 41.3 Å². The van der Waals surface area contributed by atoms with E-state index in [9.17, 15) is 14.7 Å². The average Bonchev–Trinajstić information content (AvgIpc) is 2.81. The summed E-state index contributed by atoms with van der Waals surface area (Å²) in [7, 11) is 0. The van der Waals surface area contributed by atoms with Crippen molar-refractivity contribution in [2.24, 2.45) is 0 Å². The van der Waals surface area contributed by atoms with Gasteiger partial charge in [0.15, 0.2) is 0 Å². The minimum absolute atomic E-state index is 0.0806. The van der Waals surface area contributed by atoms with Crippen LogP contribution >= 0.6 is 0 Å². The molecule has 3 aromatic rings. The monoisotopic (exact) mass is 477 g/mol. The van der Waals surface area contributed by atoms with Crippen molar-refractivity contribution in [1.82, 2.24) is 14.3 Å². The number of fused-ring (bicyclic) bond motifs is 1. The minimum atomic E-state index is -0.991. The first-order valence-corrected chi connectivity index (χ1v) is 12.0. The molecule has 2 N–H and O–H groups in total. The van der Waals surface area contributed by atoms with E-state index >= 15 is 0 Å². The van der Waals surface area contributed by atoms with Crippen molar-refractivity contribution in [3.8, 4) is 0 Å². The molecule has 9 heteroatoms. The minimum Gasteiger partial charge on any atom is -0.478 e. The van der Waals surface area contributed by atoms with Crippen LogP contribution in [0, 0.1) is 13.8 Å². The van der Waals surface area contributed by atoms with Gasteiger partial charge in [0.1, 0.15) is 11.5 Å². The van der Waals surface area contributed by atoms with Gasteiger partial charge in [0.05, 0.1) is 36.4 Å². The van der Waals surface area contributed by atoms with Crippen molar-refractivity contribution < 1.29 is 14.6 Å². The van der Waals surface area contributed by atoms with E-state index in [1.807, 2.05) is 33.0 Å². The second-order valence-electron chi connectivity index (χ2n) is 9.46. The number of benzene rings is 1. The molecule has 0 spiro atoms. The van der Waals surface area contributed by atoms with Crippen molar-refractivity contribution in [3.05, 3.63) is 69.1 Å². The van der Waals surface area contributed by atoms with E-state index in [4.69, 9.17) is 9.72 Å². The lowest BCUT2D eigenvalue weighted by Gasteiger charge is -2.43. The number of ether oxygens (including phenoxy) is 1. The smallest absolute Gasteiger partial charge is 0.337 e. The van der Waals surface area contributed by atoms with Gasteiger partial charge in [-0.25, -0.2) is 9.78 Å². The van der Waals surface area contributed by atoms with Gasteiger partial charge in [0.2, 0.25) is 0 Å². The number of aromatic nitrogens is 2. The third kappa shape index (κ3) is 4.37. The molecule has 4 heterocycles. The number of carboxylic acids is 1. The van der Waals surface area contributed by atoms with Crippen molar-refractivity contribution in [1.29, 1.82) is 0 Å². The van der Waals surface area contributed by atoms with Gasteiger partial charge in [-0.1, -0.05) is 12.1 Å². The van der Waals surface area contributed by atoms with Crippen LogP contribution in [-0.4, -0.2) is 70.8 Å². The van der Waals surface area contributed by atoms with Gasteiger partial charge < -0.3 is 20.1 Å². The van der Waals surface area contributed by atoms with Gasteiger partial charge in [-0.2, -0.15) is 0 Å². The molecule has 0 unspecified atom stereocenters. The van der Waals surface area contributed by atoms with Gasteiger partial charge in [-0.15, -0.1) is 0 Å². The first kappa shape index (κ1) is 23.3. The van der Waals surface area contributed by atoms with E-state index in [-0.39, 0.29) is 17.2 Å². The zero-order valence-corrected chi connectivity index (χ0v) is 20.3. The first-order valence-electron chi connectivity index (χ1n) is 12.0. The van der Waals surface area contributed by atoms with Gasteiger partial charge in [0, 0.05) is 43.6 Å². The maximum absolute atomic E-state index is 13.4. The summed E-state index contributed by atoms with van der Waals surface area (Å²) >= 11 is 0. The molecule has 2 aromatic heterocycles.